The molecular weight excluding hydrogens is 250 g/mol. The van der Waals surface area contributed by atoms with Gasteiger partial charge in [0.15, 0.2) is 11.5 Å². The zero-order chi connectivity index (χ0) is 13.5. The van der Waals surface area contributed by atoms with Crippen molar-refractivity contribution >= 4 is 17.6 Å². The van der Waals surface area contributed by atoms with Crippen molar-refractivity contribution in [1.82, 2.24) is 0 Å². The number of fused-ring (bicyclic) bond motifs is 1. The van der Waals surface area contributed by atoms with Crippen LogP contribution < -0.4 is 14.8 Å². The molecule has 3 rings (SSSR count). The molecule has 1 amide bonds. The molecular formula is C13H13NO5. The zero-order valence-electron chi connectivity index (χ0n) is 10.4. The van der Waals surface area contributed by atoms with E-state index in [2.05, 4.69) is 10.1 Å². The van der Waals surface area contributed by atoms with E-state index in [-0.39, 0.29) is 12.7 Å². The first-order valence-corrected chi connectivity index (χ1v) is 5.95. The average Bonchev–Trinajstić information content (AvgIpc) is 3.11. The Morgan fingerprint density at radius 1 is 1.26 bits per heavy atom. The highest BCUT2D eigenvalue weighted by molar-refractivity contribution is 6.11. The van der Waals surface area contributed by atoms with Crippen LogP contribution in [0.2, 0.25) is 0 Å². The van der Waals surface area contributed by atoms with Gasteiger partial charge in [0.05, 0.1) is 7.11 Å². The Morgan fingerprint density at radius 2 is 2.00 bits per heavy atom. The number of anilines is 1. The molecule has 0 bridgehead atoms. The summed E-state index contributed by atoms with van der Waals surface area (Å²) in [5.74, 6) is 0.414. The third kappa shape index (κ3) is 1.89. The first-order valence-electron chi connectivity index (χ1n) is 5.95. The molecule has 1 aromatic carbocycles. The fourth-order valence-corrected chi connectivity index (χ4v) is 2.07. The quantitative estimate of drug-likeness (QED) is 0.657. The lowest BCUT2D eigenvalue weighted by Crippen LogP contribution is -2.32. The van der Waals surface area contributed by atoms with Gasteiger partial charge in [0.25, 0.3) is 0 Å². The smallest absolute Gasteiger partial charge is 0.321 e. The number of benzene rings is 1. The second-order valence-corrected chi connectivity index (χ2v) is 4.60. The van der Waals surface area contributed by atoms with Gasteiger partial charge in [-0.05, 0) is 25.0 Å². The van der Waals surface area contributed by atoms with E-state index in [1.54, 1.807) is 18.2 Å². The molecule has 0 aromatic heterocycles. The van der Waals surface area contributed by atoms with Gasteiger partial charge in [-0.3, -0.25) is 9.59 Å². The van der Waals surface area contributed by atoms with E-state index in [4.69, 9.17) is 9.47 Å². The summed E-state index contributed by atoms with van der Waals surface area (Å²) in [5.41, 5.74) is -0.435. The largest absolute Gasteiger partial charge is 0.468 e. The minimum Gasteiger partial charge on any atom is -0.468 e. The summed E-state index contributed by atoms with van der Waals surface area (Å²) in [7, 11) is 1.29. The molecule has 0 spiro atoms. The summed E-state index contributed by atoms with van der Waals surface area (Å²) in [6, 6.07) is 5.10. The number of rotatable bonds is 3. The highest BCUT2D eigenvalue weighted by atomic mass is 16.7. The van der Waals surface area contributed by atoms with Gasteiger partial charge < -0.3 is 19.5 Å². The molecule has 1 aliphatic heterocycles. The second kappa shape index (κ2) is 4.15. The predicted octanol–water partition coefficient (Wildman–Crippen LogP) is 1.31. The van der Waals surface area contributed by atoms with Gasteiger partial charge in [-0.25, -0.2) is 0 Å². The van der Waals surface area contributed by atoms with E-state index < -0.39 is 11.4 Å². The van der Waals surface area contributed by atoms with Crippen LogP contribution in [0, 0.1) is 5.41 Å². The Morgan fingerprint density at radius 3 is 2.68 bits per heavy atom. The van der Waals surface area contributed by atoms with Crippen LogP contribution in [0.1, 0.15) is 12.8 Å². The van der Waals surface area contributed by atoms with E-state index in [1.807, 2.05) is 0 Å². The van der Waals surface area contributed by atoms with Crippen molar-refractivity contribution in [3.05, 3.63) is 18.2 Å². The van der Waals surface area contributed by atoms with Crippen molar-refractivity contribution in [1.29, 1.82) is 0 Å². The van der Waals surface area contributed by atoms with Gasteiger partial charge in [-0.2, -0.15) is 0 Å². The highest BCUT2D eigenvalue weighted by Gasteiger charge is 2.57. The van der Waals surface area contributed by atoms with Crippen molar-refractivity contribution in [3.8, 4) is 11.5 Å². The van der Waals surface area contributed by atoms with Crippen LogP contribution in [0.4, 0.5) is 5.69 Å². The van der Waals surface area contributed by atoms with Crippen molar-refractivity contribution in [2.75, 3.05) is 19.2 Å². The monoisotopic (exact) mass is 263 g/mol. The van der Waals surface area contributed by atoms with Crippen LogP contribution in [0.15, 0.2) is 18.2 Å². The molecule has 0 radical (unpaired) electrons. The lowest BCUT2D eigenvalue weighted by molar-refractivity contribution is -0.150. The fraction of sp³-hybridized carbons (Fsp3) is 0.385. The maximum atomic E-state index is 12.1. The van der Waals surface area contributed by atoms with E-state index >= 15 is 0 Å². The number of methoxy groups -OCH3 is 1. The lowest BCUT2D eigenvalue weighted by atomic mass is 10.1. The summed E-state index contributed by atoms with van der Waals surface area (Å²) in [6.07, 6.45) is 1.05. The van der Waals surface area contributed by atoms with Gasteiger partial charge >= 0.3 is 5.97 Å². The van der Waals surface area contributed by atoms with Crippen LogP contribution in [0.25, 0.3) is 0 Å². The molecule has 2 aliphatic rings. The molecule has 1 saturated carbocycles. The standard InChI is InChI=1S/C13H13NO5/c1-17-12(16)13(4-5-13)11(15)14-8-2-3-9-10(6-8)19-7-18-9/h2-3,6H,4-5,7H2,1H3,(H,14,15). The van der Waals surface area contributed by atoms with Crippen LogP contribution in [0.3, 0.4) is 0 Å². The molecule has 1 heterocycles. The minimum atomic E-state index is -1.01. The number of hydrogen-bond acceptors (Lipinski definition) is 5. The van der Waals surface area contributed by atoms with E-state index in [0.29, 0.717) is 30.0 Å². The highest BCUT2D eigenvalue weighted by Crippen LogP contribution is 2.47. The Labute approximate surface area is 109 Å². The molecule has 19 heavy (non-hydrogen) atoms. The van der Waals surface area contributed by atoms with Crippen LogP contribution in [-0.2, 0) is 14.3 Å². The SMILES string of the molecule is COC(=O)C1(C(=O)Nc2ccc3c(c2)OCO3)CC1. The van der Waals surface area contributed by atoms with Crippen LogP contribution in [-0.4, -0.2) is 25.8 Å². The van der Waals surface area contributed by atoms with E-state index in [1.165, 1.54) is 7.11 Å². The molecule has 6 heteroatoms. The Bertz CT molecular complexity index is 550. The number of carbonyl (C=O) groups is 2. The number of amides is 1. The van der Waals surface area contributed by atoms with Crippen LogP contribution >= 0.6 is 0 Å². The van der Waals surface area contributed by atoms with Crippen molar-refractivity contribution in [3.63, 3.8) is 0 Å². The maximum Gasteiger partial charge on any atom is 0.321 e. The van der Waals surface area contributed by atoms with Gasteiger partial charge in [-0.1, -0.05) is 0 Å². The van der Waals surface area contributed by atoms with Gasteiger partial charge in [-0.15, -0.1) is 0 Å². The molecule has 1 aromatic rings. The molecule has 1 fully saturated rings. The van der Waals surface area contributed by atoms with E-state index in [0.717, 1.165) is 0 Å². The number of esters is 1. The zero-order valence-corrected chi connectivity index (χ0v) is 10.4. The summed E-state index contributed by atoms with van der Waals surface area (Å²) in [6.45, 7) is 0.179. The summed E-state index contributed by atoms with van der Waals surface area (Å²) in [5, 5.41) is 2.71. The van der Waals surface area contributed by atoms with Gasteiger partial charge in [0, 0.05) is 11.8 Å². The summed E-state index contributed by atoms with van der Waals surface area (Å²) in [4.78, 5) is 23.7. The molecule has 1 N–H and O–H groups in total. The van der Waals surface area contributed by atoms with Crippen molar-refractivity contribution in [2.24, 2.45) is 5.41 Å². The molecule has 0 unspecified atom stereocenters. The topological polar surface area (TPSA) is 73.9 Å². The normalized spacial score (nSPS) is 17.7. The minimum absolute atomic E-state index is 0.179. The average molecular weight is 263 g/mol. The Kier molecular flexibility index (Phi) is 2.58. The number of hydrogen-bond donors (Lipinski definition) is 1. The van der Waals surface area contributed by atoms with Crippen molar-refractivity contribution < 1.29 is 23.8 Å². The lowest BCUT2D eigenvalue weighted by Gasteiger charge is -2.13. The van der Waals surface area contributed by atoms with Gasteiger partial charge in [0.1, 0.15) is 5.41 Å². The molecule has 1 aliphatic carbocycles. The van der Waals surface area contributed by atoms with E-state index in [9.17, 15) is 9.59 Å². The Hall–Kier alpha value is -2.24. The number of ether oxygens (including phenoxy) is 3. The fourth-order valence-electron chi connectivity index (χ4n) is 2.07. The molecule has 0 saturated heterocycles. The third-order valence-corrected chi connectivity index (χ3v) is 3.39. The maximum absolute atomic E-state index is 12.1. The molecule has 0 atom stereocenters. The second-order valence-electron chi connectivity index (χ2n) is 4.60. The number of nitrogens with one attached hydrogen (secondary N) is 1. The third-order valence-electron chi connectivity index (χ3n) is 3.39. The first kappa shape index (κ1) is 11.8. The Balaban J connectivity index is 1.75. The molecule has 6 nitrogen and oxygen atoms in total. The van der Waals surface area contributed by atoms with Crippen molar-refractivity contribution in [2.45, 2.75) is 12.8 Å². The summed E-state index contributed by atoms with van der Waals surface area (Å²) >= 11 is 0. The van der Waals surface area contributed by atoms with Crippen LogP contribution in [0.5, 0.6) is 11.5 Å². The number of carbonyl (C=O) groups excluding carboxylic acids is 2. The molecule has 100 valence electrons. The predicted molar refractivity (Wildman–Crippen MR) is 64.9 cm³/mol. The first-order chi connectivity index (χ1) is 9.15. The van der Waals surface area contributed by atoms with Gasteiger partial charge in [0.2, 0.25) is 12.7 Å². The summed E-state index contributed by atoms with van der Waals surface area (Å²) < 4.78 is 15.1.